The molecule has 21 heavy (non-hydrogen) atoms. The van der Waals surface area contributed by atoms with Crippen molar-refractivity contribution < 1.29 is 14.7 Å². The van der Waals surface area contributed by atoms with Crippen LogP contribution in [0.5, 0.6) is 0 Å². The van der Waals surface area contributed by atoms with E-state index in [0.717, 1.165) is 11.3 Å². The Kier molecular flexibility index (Phi) is 5.17. The molecule has 0 aromatic heterocycles. The fourth-order valence-corrected chi connectivity index (χ4v) is 2.88. The van der Waals surface area contributed by atoms with E-state index in [1.165, 1.54) is 11.8 Å². The van der Waals surface area contributed by atoms with E-state index in [1.54, 1.807) is 30.3 Å². The SMILES string of the molecule is CCCC(=O)c1ccc(Sc2ccccc2C(=O)O)cc1. The summed E-state index contributed by atoms with van der Waals surface area (Å²) in [7, 11) is 0. The van der Waals surface area contributed by atoms with Gasteiger partial charge in [0.05, 0.1) is 5.56 Å². The summed E-state index contributed by atoms with van der Waals surface area (Å²) in [6, 6.07) is 14.2. The lowest BCUT2D eigenvalue weighted by molar-refractivity contribution is 0.0693. The number of benzene rings is 2. The zero-order valence-corrected chi connectivity index (χ0v) is 12.5. The molecule has 0 saturated carbocycles. The Morgan fingerprint density at radius 2 is 1.71 bits per heavy atom. The molecule has 2 aromatic carbocycles. The van der Waals surface area contributed by atoms with Gasteiger partial charge in [0.1, 0.15) is 0 Å². The Hall–Kier alpha value is -2.07. The van der Waals surface area contributed by atoms with Gasteiger partial charge in [-0.2, -0.15) is 0 Å². The van der Waals surface area contributed by atoms with Gasteiger partial charge in [0.25, 0.3) is 0 Å². The monoisotopic (exact) mass is 300 g/mol. The van der Waals surface area contributed by atoms with Gasteiger partial charge in [-0.1, -0.05) is 43.0 Å². The average Bonchev–Trinajstić information content (AvgIpc) is 2.48. The first kappa shape index (κ1) is 15.3. The summed E-state index contributed by atoms with van der Waals surface area (Å²) < 4.78 is 0. The van der Waals surface area contributed by atoms with Crippen molar-refractivity contribution in [3.8, 4) is 0 Å². The van der Waals surface area contributed by atoms with Crippen molar-refractivity contribution in [1.29, 1.82) is 0 Å². The molecular weight excluding hydrogens is 284 g/mol. The van der Waals surface area contributed by atoms with Crippen LogP contribution in [0.25, 0.3) is 0 Å². The molecule has 1 N–H and O–H groups in total. The third-order valence-electron chi connectivity index (χ3n) is 3.00. The molecule has 4 heteroatoms. The first-order valence-electron chi connectivity index (χ1n) is 6.75. The normalized spacial score (nSPS) is 10.3. The van der Waals surface area contributed by atoms with Crippen LogP contribution in [-0.4, -0.2) is 16.9 Å². The zero-order valence-electron chi connectivity index (χ0n) is 11.7. The maximum Gasteiger partial charge on any atom is 0.336 e. The summed E-state index contributed by atoms with van der Waals surface area (Å²) in [5, 5.41) is 9.16. The van der Waals surface area contributed by atoms with Crippen molar-refractivity contribution >= 4 is 23.5 Å². The van der Waals surface area contributed by atoms with Gasteiger partial charge >= 0.3 is 5.97 Å². The molecule has 0 aliphatic heterocycles. The van der Waals surface area contributed by atoms with Gasteiger partial charge in [-0.3, -0.25) is 4.79 Å². The van der Waals surface area contributed by atoms with Crippen molar-refractivity contribution in [2.24, 2.45) is 0 Å². The predicted molar refractivity (Wildman–Crippen MR) is 83.2 cm³/mol. The number of rotatable bonds is 6. The number of carboxylic acids is 1. The number of aromatic carboxylic acids is 1. The minimum absolute atomic E-state index is 0.139. The summed E-state index contributed by atoms with van der Waals surface area (Å²) in [6.45, 7) is 1.98. The second kappa shape index (κ2) is 7.09. The van der Waals surface area contributed by atoms with Gasteiger partial charge < -0.3 is 5.11 Å². The molecule has 0 bridgehead atoms. The number of hydrogen-bond donors (Lipinski definition) is 1. The molecular formula is C17H16O3S. The molecule has 0 unspecified atom stereocenters. The Morgan fingerprint density at radius 3 is 2.33 bits per heavy atom. The molecule has 0 heterocycles. The van der Waals surface area contributed by atoms with Crippen LogP contribution in [0.3, 0.4) is 0 Å². The van der Waals surface area contributed by atoms with Gasteiger partial charge in [0.15, 0.2) is 5.78 Å². The Labute approximate surface area is 128 Å². The zero-order chi connectivity index (χ0) is 15.2. The summed E-state index contributed by atoms with van der Waals surface area (Å²) in [4.78, 5) is 24.5. The molecule has 0 spiro atoms. The minimum atomic E-state index is -0.937. The second-order valence-corrected chi connectivity index (χ2v) is 5.72. The molecule has 0 amide bonds. The van der Waals surface area contributed by atoms with Crippen LogP contribution in [0.1, 0.15) is 40.5 Å². The fraction of sp³-hybridized carbons (Fsp3) is 0.176. The highest BCUT2D eigenvalue weighted by Gasteiger charge is 2.10. The van der Waals surface area contributed by atoms with Crippen molar-refractivity contribution in [1.82, 2.24) is 0 Å². The number of Topliss-reactive ketones (excluding diaryl/α,β-unsaturated/α-hetero) is 1. The minimum Gasteiger partial charge on any atom is -0.478 e. The molecule has 0 fully saturated rings. The highest BCUT2D eigenvalue weighted by atomic mass is 32.2. The Morgan fingerprint density at radius 1 is 1.05 bits per heavy atom. The predicted octanol–water partition coefficient (Wildman–Crippen LogP) is 4.52. The smallest absolute Gasteiger partial charge is 0.336 e. The number of carboxylic acid groups (broad SMARTS) is 1. The third-order valence-corrected chi connectivity index (χ3v) is 4.08. The van der Waals surface area contributed by atoms with Crippen LogP contribution >= 0.6 is 11.8 Å². The van der Waals surface area contributed by atoms with Gasteiger partial charge in [-0.15, -0.1) is 0 Å². The summed E-state index contributed by atoms with van der Waals surface area (Å²) in [5.74, 6) is -0.798. The molecule has 0 aliphatic carbocycles. The Balaban J connectivity index is 2.18. The van der Waals surface area contributed by atoms with Gasteiger partial charge in [0.2, 0.25) is 0 Å². The van der Waals surface area contributed by atoms with Crippen LogP contribution in [0.15, 0.2) is 58.3 Å². The number of hydrogen-bond acceptors (Lipinski definition) is 3. The molecule has 0 radical (unpaired) electrons. The first-order valence-corrected chi connectivity index (χ1v) is 7.57. The lowest BCUT2D eigenvalue weighted by Crippen LogP contribution is -1.98. The topological polar surface area (TPSA) is 54.4 Å². The highest BCUT2D eigenvalue weighted by Crippen LogP contribution is 2.30. The molecule has 3 nitrogen and oxygen atoms in total. The maximum absolute atomic E-state index is 11.8. The average molecular weight is 300 g/mol. The van der Waals surface area contributed by atoms with Gasteiger partial charge in [-0.25, -0.2) is 4.79 Å². The van der Waals surface area contributed by atoms with E-state index in [9.17, 15) is 9.59 Å². The molecule has 108 valence electrons. The summed E-state index contributed by atoms with van der Waals surface area (Å²) in [6.07, 6.45) is 1.38. The fourth-order valence-electron chi connectivity index (χ4n) is 1.94. The molecule has 2 rings (SSSR count). The van der Waals surface area contributed by atoms with E-state index >= 15 is 0 Å². The van der Waals surface area contributed by atoms with Crippen molar-refractivity contribution in [2.75, 3.05) is 0 Å². The lowest BCUT2D eigenvalue weighted by Gasteiger charge is -2.06. The quantitative estimate of drug-likeness (QED) is 0.797. The Bertz CT molecular complexity index is 647. The van der Waals surface area contributed by atoms with Gasteiger partial charge in [-0.05, 0) is 30.7 Å². The molecule has 0 saturated heterocycles. The van der Waals surface area contributed by atoms with E-state index in [2.05, 4.69) is 0 Å². The first-order chi connectivity index (χ1) is 10.1. The molecule has 0 atom stereocenters. The summed E-state index contributed by atoms with van der Waals surface area (Å²) >= 11 is 1.38. The van der Waals surface area contributed by atoms with Crippen LogP contribution in [0, 0.1) is 0 Å². The van der Waals surface area contributed by atoms with Crippen molar-refractivity contribution in [2.45, 2.75) is 29.6 Å². The van der Waals surface area contributed by atoms with E-state index in [4.69, 9.17) is 5.11 Å². The van der Waals surface area contributed by atoms with E-state index < -0.39 is 5.97 Å². The standard InChI is InChI=1S/C17H16O3S/c1-2-5-15(18)12-8-10-13(11-9-12)21-16-7-4-3-6-14(16)17(19)20/h3-4,6-11H,2,5H2,1H3,(H,19,20). The third kappa shape index (κ3) is 3.95. The van der Waals surface area contributed by atoms with E-state index in [1.807, 2.05) is 25.1 Å². The summed E-state index contributed by atoms with van der Waals surface area (Å²) in [5.41, 5.74) is 0.987. The highest BCUT2D eigenvalue weighted by molar-refractivity contribution is 7.99. The largest absolute Gasteiger partial charge is 0.478 e. The lowest BCUT2D eigenvalue weighted by atomic mass is 10.1. The number of carbonyl (C=O) groups excluding carboxylic acids is 1. The van der Waals surface area contributed by atoms with Crippen LogP contribution in [0.2, 0.25) is 0 Å². The van der Waals surface area contributed by atoms with Crippen LogP contribution in [-0.2, 0) is 0 Å². The van der Waals surface area contributed by atoms with Crippen molar-refractivity contribution in [3.05, 3.63) is 59.7 Å². The van der Waals surface area contributed by atoms with E-state index in [0.29, 0.717) is 16.9 Å². The number of carbonyl (C=O) groups is 2. The second-order valence-electron chi connectivity index (χ2n) is 4.60. The van der Waals surface area contributed by atoms with Crippen LogP contribution < -0.4 is 0 Å². The van der Waals surface area contributed by atoms with E-state index in [-0.39, 0.29) is 11.3 Å². The maximum atomic E-state index is 11.8. The van der Waals surface area contributed by atoms with Crippen molar-refractivity contribution in [3.63, 3.8) is 0 Å². The number of ketones is 1. The van der Waals surface area contributed by atoms with Crippen LogP contribution in [0.4, 0.5) is 0 Å². The molecule has 0 aliphatic rings. The molecule has 2 aromatic rings. The van der Waals surface area contributed by atoms with Gasteiger partial charge in [0, 0.05) is 21.8 Å².